The van der Waals surface area contributed by atoms with E-state index in [1.54, 1.807) is 18.7 Å². The van der Waals surface area contributed by atoms with E-state index in [1.807, 2.05) is 11.6 Å². The maximum absolute atomic E-state index is 4.43. The topological polar surface area (TPSA) is 68.5 Å². The van der Waals surface area contributed by atoms with Gasteiger partial charge in [-0.25, -0.2) is 4.98 Å². The van der Waals surface area contributed by atoms with E-state index in [9.17, 15) is 0 Å². The summed E-state index contributed by atoms with van der Waals surface area (Å²) < 4.78 is 1.85. The summed E-state index contributed by atoms with van der Waals surface area (Å²) in [6.07, 6.45) is 6.16. The van der Waals surface area contributed by atoms with Crippen LogP contribution in [0.2, 0.25) is 0 Å². The number of aryl methyl sites for hydroxylation is 1. The number of nitrogens with one attached hydrogen (secondary N) is 1. The van der Waals surface area contributed by atoms with Gasteiger partial charge in [0.1, 0.15) is 17.2 Å². The molecule has 0 fully saturated rings. The van der Waals surface area contributed by atoms with Crippen molar-refractivity contribution in [3.8, 4) is 0 Å². The molecule has 7 heteroatoms. The molecule has 0 saturated carbocycles. The van der Waals surface area contributed by atoms with Crippen molar-refractivity contribution in [2.24, 2.45) is 7.05 Å². The van der Waals surface area contributed by atoms with Crippen LogP contribution in [0.5, 0.6) is 0 Å². The maximum atomic E-state index is 4.43. The Morgan fingerprint density at radius 1 is 1.41 bits per heavy atom. The van der Waals surface area contributed by atoms with Gasteiger partial charge in [0.15, 0.2) is 5.16 Å². The average Bonchev–Trinajstić information content (AvgIpc) is 2.73. The molecule has 2 aromatic rings. The minimum Gasteiger partial charge on any atom is -0.369 e. The van der Waals surface area contributed by atoms with Crippen molar-refractivity contribution in [3.63, 3.8) is 0 Å². The van der Waals surface area contributed by atoms with Crippen molar-refractivity contribution in [3.05, 3.63) is 18.7 Å². The minimum atomic E-state index is 0.791. The lowest BCUT2D eigenvalue weighted by molar-refractivity contribution is 0.786. The van der Waals surface area contributed by atoms with E-state index in [0.29, 0.717) is 0 Å². The smallest absolute Gasteiger partial charge is 0.197 e. The molecule has 0 spiro atoms. The minimum absolute atomic E-state index is 0.791. The monoisotopic (exact) mass is 250 g/mol. The van der Waals surface area contributed by atoms with Crippen LogP contribution in [0.3, 0.4) is 0 Å². The second kappa shape index (κ2) is 5.62. The van der Waals surface area contributed by atoms with Gasteiger partial charge < -0.3 is 9.88 Å². The van der Waals surface area contributed by atoms with E-state index < -0.39 is 0 Å². The van der Waals surface area contributed by atoms with Gasteiger partial charge in [0.05, 0.1) is 12.4 Å². The molecule has 90 valence electrons. The third-order valence-corrected chi connectivity index (χ3v) is 2.99. The Morgan fingerprint density at radius 3 is 3.00 bits per heavy atom. The molecule has 2 rings (SSSR count). The summed E-state index contributed by atoms with van der Waals surface area (Å²) in [6.45, 7) is 3.01. The van der Waals surface area contributed by atoms with Crippen molar-refractivity contribution in [1.82, 2.24) is 24.7 Å². The molecule has 0 atom stereocenters. The zero-order chi connectivity index (χ0) is 12.1. The van der Waals surface area contributed by atoms with Gasteiger partial charge in [-0.3, -0.25) is 4.98 Å². The van der Waals surface area contributed by atoms with E-state index in [1.165, 1.54) is 11.8 Å². The molecule has 2 aromatic heterocycles. The van der Waals surface area contributed by atoms with E-state index in [4.69, 9.17) is 0 Å². The lowest BCUT2D eigenvalue weighted by atomic mass is 10.5. The fourth-order valence-electron chi connectivity index (χ4n) is 1.19. The van der Waals surface area contributed by atoms with Crippen LogP contribution in [-0.2, 0) is 7.05 Å². The Hall–Kier alpha value is -1.63. The van der Waals surface area contributed by atoms with Gasteiger partial charge in [-0.1, -0.05) is 6.92 Å². The molecule has 0 aliphatic rings. The fraction of sp³-hybridized carbons (Fsp3) is 0.400. The summed E-state index contributed by atoms with van der Waals surface area (Å²) >= 11 is 1.44. The highest BCUT2D eigenvalue weighted by molar-refractivity contribution is 7.99. The van der Waals surface area contributed by atoms with Gasteiger partial charge in [0.25, 0.3) is 0 Å². The lowest BCUT2D eigenvalue weighted by Gasteiger charge is -2.04. The van der Waals surface area contributed by atoms with Crippen LogP contribution in [0.15, 0.2) is 28.9 Å². The van der Waals surface area contributed by atoms with Crippen molar-refractivity contribution in [2.75, 3.05) is 11.9 Å². The first-order valence-corrected chi connectivity index (χ1v) is 6.19. The standard InChI is InChI=1S/C10H14N6S/c1-3-4-12-8-5-11-6-9(14-8)17-10-15-13-7-16(10)2/h5-7H,3-4H2,1-2H3,(H,12,14). The first-order valence-electron chi connectivity index (χ1n) is 5.37. The van der Waals surface area contributed by atoms with Crippen molar-refractivity contribution >= 4 is 17.6 Å². The summed E-state index contributed by atoms with van der Waals surface area (Å²) in [5, 5.41) is 12.6. The van der Waals surface area contributed by atoms with Crippen molar-refractivity contribution < 1.29 is 0 Å². The molecule has 2 heterocycles. The van der Waals surface area contributed by atoms with E-state index in [0.717, 1.165) is 29.0 Å². The molecular weight excluding hydrogens is 236 g/mol. The average molecular weight is 250 g/mol. The Morgan fingerprint density at radius 2 is 2.29 bits per heavy atom. The molecule has 17 heavy (non-hydrogen) atoms. The van der Waals surface area contributed by atoms with E-state index >= 15 is 0 Å². The highest BCUT2D eigenvalue weighted by Crippen LogP contribution is 2.23. The Labute approximate surface area is 104 Å². The third kappa shape index (κ3) is 3.16. The second-order valence-corrected chi connectivity index (χ2v) is 4.48. The zero-order valence-electron chi connectivity index (χ0n) is 9.79. The van der Waals surface area contributed by atoms with Gasteiger partial charge in [-0.15, -0.1) is 10.2 Å². The second-order valence-electron chi connectivity index (χ2n) is 3.50. The van der Waals surface area contributed by atoms with E-state index in [-0.39, 0.29) is 0 Å². The molecule has 0 saturated heterocycles. The Kier molecular flexibility index (Phi) is 3.92. The quantitative estimate of drug-likeness (QED) is 0.869. The summed E-state index contributed by atoms with van der Waals surface area (Å²) in [6, 6.07) is 0. The van der Waals surface area contributed by atoms with Gasteiger partial charge >= 0.3 is 0 Å². The SMILES string of the molecule is CCCNc1cncc(Sc2nncn2C)n1. The molecule has 1 N–H and O–H groups in total. The van der Waals surface area contributed by atoms with Gasteiger partial charge in [0.2, 0.25) is 0 Å². The van der Waals surface area contributed by atoms with E-state index in [2.05, 4.69) is 32.4 Å². The number of rotatable bonds is 5. The molecule has 0 aliphatic carbocycles. The molecule has 0 amide bonds. The summed E-state index contributed by atoms with van der Waals surface area (Å²) in [5.74, 6) is 0.791. The molecule has 0 unspecified atom stereocenters. The normalized spacial score (nSPS) is 10.5. The highest BCUT2D eigenvalue weighted by Gasteiger charge is 2.05. The number of hydrogen-bond donors (Lipinski definition) is 1. The lowest BCUT2D eigenvalue weighted by Crippen LogP contribution is -2.02. The molecule has 0 aliphatic heterocycles. The molecule has 0 radical (unpaired) electrons. The number of hydrogen-bond acceptors (Lipinski definition) is 6. The van der Waals surface area contributed by atoms with Crippen LogP contribution in [-0.4, -0.2) is 31.3 Å². The molecule has 0 bridgehead atoms. The van der Waals surface area contributed by atoms with Crippen LogP contribution in [0, 0.1) is 0 Å². The van der Waals surface area contributed by atoms with Crippen molar-refractivity contribution in [2.45, 2.75) is 23.5 Å². The van der Waals surface area contributed by atoms with Gasteiger partial charge in [-0.2, -0.15) is 0 Å². The zero-order valence-corrected chi connectivity index (χ0v) is 10.6. The largest absolute Gasteiger partial charge is 0.369 e. The summed E-state index contributed by atoms with van der Waals surface area (Å²) in [7, 11) is 1.90. The van der Waals surface area contributed by atoms with Crippen LogP contribution >= 0.6 is 11.8 Å². The summed E-state index contributed by atoms with van der Waals surface area (Å²) in [4.78, 5) is 8.58. The molecule has 0 aromatic carbocycles. The first-order chi connectivity index (χ1) is 8.29. The van der Waals surface area contributed by atoms with Crippen LogP contribution < -0.4 is 5.32 Å². The third-order valence-electron chi connectivity index (χ3n) is 2.03. The predicted octanol–water partition coefficient (Wildman–Crippen LogP) is 1.58. The highest BCUT2D eigenvalue weighted by atomic mass is 32.2. The molecule has 6 nitrogen and oxygen atoms in total. The van der Waals surface area contributed by atoms with Gasteiger partial charge in [-0.05, 0) is 18.2 Å². The van der Waals surface area contributed by atoms with Crippen molar-refractivity contribution in [1.29, 1.82) is 0 Å². The van der Waals surface area contributed by atoms with Gasteiger partial charge in [0, 0.05) is 13.6 Å². The number of aromatic nitrogens is 5. The number of nitrogens with zero attached hydrogens (tertiary/aromatic N) is 5. The summed E-state index contributed by atoms with van der Waals surface area (Å²) in [5.41, 5.74) is 0. The van der Waals surface area contributed by atoms with Crippen LogP contribution in [0.4, 0.5) is 5.82 Å². The molecular formula is C10H14N6S. The number of anilines is 1. The Balaban J connectivity index is 2.08. The fourth-order valence-corrected chi connectivity index (χ4v) is 1.92. The Bertz CT molecular complexity index is 483. The van der Waals surface area contributed by atoms with Crippen LogP contribution in [0.25, 0.3) is 0 Å². The first kappa shape index (κ1) is 11.8. The maximum Gasteiger partial charge on any atom is 0.197 e. The predicted molar refractivity (Wildman–Crippen MR) is 65.9 cm³/mol. The van der Waals surface area contributed by atoms with Crippen LogP contribution in [0.1, 0.15) is 13.3 Å².